The van der Waals surface area contributed by atoms with Gasteiger partial charge >= 0.3 is 0 Å². The molecule has 7 nitrogen and oxygen atoms in total. The summed E-state index contributed by atoms with van der Waals surface area (Å²) in [5, 5.41) is 16.9. The third-order valence-electron chi connectivity index (χ3n) is 4.39. The topological polar surface area (TPSA) is 88.3 Å². The maximum absolute atomic E-state index is 10.5. The van der Waals surface area contributed by atoms with Crippen molar-refractivity contribution in [1.29, 1.82) is 0 Å². The summed E-state index contributed by atoms with van der Waals surface area (Å²) in [6, 6.07) is 3.52. The van der Waals surface area contributed by atoms with Crippen molar-refractivity contribution in [2.75, 3.05) is 46.1 Å². The molecule has 0 aliphatic carbocycles. The van der Waals surface area contributed by atoms with Gasteiger partial charge in [0.1, 0.15) is 11.4 Å². The SMILES string of the molecule is CCNC(=NCC(C)(O)c1ccco1)NCCCOCC1CCOCC1. The second-order valence-corrected chi connectivity index (χ2v) is 6.86. The van der Waals surface area contributed by atoms with E-state index in [-0.39, 0.29) is 6.54 Å². The summed E-state index contributed by atoms with van der Waals surface area (Å²) in [4.78, 5) is 4.46. The molecular weight excluding hydrogens is 334 g/mol. The first-order valence-electron chi connectivity index (χ1n) is 9.56. The summed E-state index contributed by atoms with van der Waals surface area (Å²) >= 11 is 0. The van der Waals surface area contributed by atoms with Crippen molar-refractivity contribution in [3.05, 3.63) is 24.2 Å². The van der Waals surface area contributed by atoms with Crippen LogP contribution in [0.5, 0.6) is 0 Å². The number of guanidine groups is 1. The Morgan fingerprint density at radius 3 is 2.88 bits per heavy atom. The number of furan rings is 1. The lowest BCUT2D eigenvalue weighted by atomic mass is 10.0. The molecule has 0 amide bonds. The average molecular weight is 367 g/mol. The number of nitrogens with one attached hydrogen (secondary N) is 2. The maximum Gasteiger partial charge on any atom is 0.191 e. The summed E-state index contributed by atoms with van der Waals surface area (Å²) < 4.78 is 16.4. The Morgan fingerprint density at radius 2 is 2.19 bits per heavy atom. The van der Waals surface area contributed by atoms with Crippen LogP contribution in [0.25, 0.3) is 0 Å². The predicted molar refractivity (Wildman–Crippen MR) is 101 cm³/mol. The van der Waals surface area contributed by atoms with E-state index < -0.39 is 5.60 Å². The van der Waals surface area contributed by atoms with E-state index in [1.165, 1.54) is 0 Å². The molecule has 0 radical (unpaired) electrons. The summed E-state index contributed by atoms with van der Waals surface area (Å²) in [7, 11) is 0. The van der Waals surface area contributed by atoms with Crippen LogP contribution >= 0.6 is 0 Å². The molecule has 1 fully saturated rings. The lowest BCUT2D eigenvalue weighted by molar-refractivity contribution is 0.0203. The van der Waals surface area contributed by atoms with Crippen LogP contribution in [-0.4, -0.2) is 57.1 Å². The lowest BCUT2D eigenvalue weighted by Crippen LogP contribution is -2.39. The minimum Gasteiger partial charge on any atom is -0.466 e. The van der Waals surface area contributed by atoms with Gasteiger partial charge in [0.05, 0.1) is 12.8 Å². The van der Waals surface area contributed by atoms with Crippen LogP contribution in [-0.2, 0) is 15.1 Å². The van der Waals surface area contributed by atoms with Crippen LogP contribution in [0.1, 0.15) is 38.9 Å². The van der Waals surface area contributed by atoms with Crippen LogP contribution in [0.3, 0.4) is 0 Å². The molecule has 1 atom stereocenters. The third-order valence-corrected chi connectivity index (χ3v) is 4.39. The summed E-state index contributed by atoms with van der Waals surface area (Å²) in [5.41, 5.74) is -1.13. The van der Waals surface area contributed by atoms with Crippen molar-refractivity contribution in [2.24, 2.45) is 10.9 Å². The van der Waals surface area contributed by atoms with Crippen molar-refractivity contribution < 1.29 is 19.0 Å². The highest BCUT2D eigenvalue weighted by Gasteiger charge is 2.26. The first kappa shape index (κ1) is 20.7. The molecule has 0 aromatic carbocycles. The average Bonchev–Trinajstić information content (AvgIpc) is 3.19. The molecule has 2 heterocycles. The predicted octanol–water partition coefficient (Wildman–Crippen LogP) is 1.88. The molecule has 26 heavy (non-hydrogen) atoms. The Bertz CT molecular complexity index is 511. The Labute approximate surface area is 156 Å². The van der Waals surface area contributed by atoms with E-state index in [9.17, 15) is 5.11 Å². The largest absolute Gasteiger partial charge is 0.466 e. The highest BCUT2D eigenvalue weighted by atomic mass is 16.5. The van der Waals surface area contributed by atoms with Crippen LogP contribution < -0.4 is 10.6 Å². The molecule has 1 saturated heterocycles. The molecule has 1 unspecified atom stereocenters. The van der Waals surface area contributed by atoms with E-state index in [4.69, 9.17) is 13.9 Å². The van der Waals surface area contributed by atoms with Crippen molar-refractivity contribution in [3.63, 3.8) is 0 Å². The number of nitrogens with zero attached hydrogens (tertiary/aromatic N) is 1. The van der Waals surface area contributed by atoms with Gasteiger partial charge in [-0.2, -0.15) is 0 Å². The lowest BCUT2D eigenvalue weighted by Gasteiger charge is -2.21. The maximum atomic E-state index is 10.5. The molecule has 1 aromatic heterocycles. The molecule has 148 valence electrons. The Kier molecular flexibility index (Phi) is 8.94. The van der Waals surface area contributed by atoms with Gasteiger partial charge < -0.3 is 29.6 Å². The second kappa shape index (κ2) is 11.2. The van der Waals surface area contributed by atoms with E-state index in [0.717, 1.165) is 58.8 Å². The molecule has 2 rings (SSSR count). The quantitative estimate of drug-likeness (QED) is 0.332. The fourth-order valence-corrected chi connectivity index (χ4v) is 2.78. The summed E-state index contributed by atoms with van der Waals surface area (Å²) in [5.74, 6) is 1.83. The number of hydrogen-bond donors (Lipinski definition) is 3. The highest BCUT2D eigenvalue weighted by Crippen LogP contribution is 2.21. The molecule has 7 heteroatoms. The van der Waals surface area contributed by atoms with Gasteiger partial charge in [0.2, 0.25) is 0 Å². The van der Waals surface area contributed by atoms with Crippen LogP contribution in [0.2, 0.25) is 0 Å². The van der Waals surface area contributed by atoms with Gasteiger partial charge in [-0.1, -0.05) is 0 Å². The Balaban J connectivity index is 1.65. The number of rotatable bonds is 10. The van der Waals surface area contributed by atoms with Gasteiger partial charge in [0.15, 0.2) is 5.96 Å². The molecule has 0 saturated carbocycles. The zero-order valence-electron chi connectivity index (χ0n) is 16.0. The zero-order valence-corrected chi connectivity index (χ0v) is 16.0. The fourth-order valence-electron chi connectivity index (χ4n) is 2.78. The van der Waals surface area contributed by atoms with E-state index in [0.29, 0.717) is 17.6 Å². The van der Waals surface area contributed by atoms with Gasteiger partial charge in [0, 0.05) is 39.5 Å². The molecule has 1 aromatic rings. The molecular formula is C19H33N3O4. The van der Waals surface area contributed by atoms with E-state index in [1.807, 2.05) is 6.92 Å². The minimum absolute atomic E-state index is 0.218. The molecule has 0 spiro atoms. The standard InChI is InChI=1S/C19H33N3O4/c1-3-20-18(22-15-19(2,23)17-6-4-11-26-17)21-9-5-10-25-14-16-7-12-24-13-8-16/h4,6,11,16,23H,3,5,7-10,12-15H2,1-2H3,(H2,20,21,22). The smallest absolute Gasteiger partial charge is 0.191 e. The first-order valence-corrected chi connectivity index (χ1v) is 9.56. The van der Waals surface area contributed by atoms with Crippen molar-refractivity contribution in [2.45, 2.75) is 38.7 Å². The van der Waals surface area contributed by atoms with Crippen molar-refractivity contribution in [1.82, 2.24) is 10.6 Å². The second-order valence-electron chi connectivity index (χ2n) is 6.86. The van der Waals surface area contributed by atoms with Gasteiger partial charge in [-0.15, -0.1) is 0 Å². The minimum atomic E-state index is -1.13. The molecule has 0 bridgehead atoms. The molecule has 1 aliphatic heterocycles. The van der Waals surface area contributed by atoms with E-state index in [1.54, 1.807) is 25.3 Å². The number of aliphatic imine (C=N–C) groups is 1. The van der Waals surface area contributed by atoms with Crippen molar-refractivity contribution >= 4 is 5.96 Å². The van der Waals surface area contributed by atoms with Gasteiger partial charge in [0.25, 0.3) is 0 Å². The number of hydrogen-bond acceptors (Lipinski definition) is 5. The fraction of sp³-hybridized carbons (Fsp3) is 0.737. The van der Waals surface area contributed by atoms with Crippen LogP contribution in [0.4, 0.5) is 0 Å². The van der Waals surface area contributed by atoms with Crippen molar-refractivity contribution in [3.8, 4) is 0 Å². The first-order chi connectivity index (χ1) is 12.6. The number of aliphatic hydroxyl groups is 1. The van der Waals surface area contributed by atoms with Crippen LogP contribution in [0.15, 0.2) is 27.8 Å². The number of ether oxygens (including phenoxy) is 2. The zero-order chi connectivity index (χ0) is 18.7. The van der Waals surface area contributed by atoms with E-state index >= 15 is 0 Å². The summed E-state index contributed by atoms with van der Waals surface area (Å²) in [6.07, 6.45) is 4.66. The summed E-state index contributed by atoms with van der Waals surface area (Å²) in [6.45, 7) is 8.73. The van der Waals surface area contributed by atoms with Gasteiger partial charge in [-0.05, 0) is 51.2 Å². The molecule has 3 N–H and O–H groups in total. The highest BCUT2D eigenvalue weighted by molar-refractivity contribution is 5.79. The Morgan fingerprint density at radius 1 is 1.38 bits per heavy atom. The molecule has 1 aliphatic rings. The van der Waals surface area contributed by atoms with Gasteiger partial charge in [-0.3, -0.25) is 0 Å². The Hall–Kier alpha value is -1.57. The van der Waals surface area contributed by atoms with E-state index in [2.05, 4.69) is 15.6 Å². The normalized spacial score (nSPS) is 18.5. The van der Waals surface area contributed by atoms with Crippen LogP contribution in [0, 0.1) is 5.92 Å². The monoisotopic (exact) mass is 367 g/mol. The third kappa shape index (κ3) is 7.35. The van der Waals surface area contributed by atoms with Gasteiger partial charge in [-0.25, -0.2) is 4.99 Å².